The molecule has 354 valence electrons. The number of anilines is 2. The van der Waals surface area contributed by atoms with Gasteiger partial charge in [0, 0.05) is 27.8 Å². The molecular weight excluding hydrogens is 905 g/mol. The maximum atomic E-state index is 2.56. The van der Waals surface area contributed by atoms with Crippen molar-refractivity contribution in [3.63, 3.8) is 0 Å². The first kappa shape index (κ1) is 44.2. The summed E-state index contributed by atoms with van der Waals surface area (Å²) in [6.07, 6.45) is 8.05. The van der Waals surface area contributed by atoms with E-state index in [-0.39, 0.29) is 6.04 Å². The fourth-order valence-corrected chi connectivity index (χ4v) is 12.3. The van der Waals surface area contributed by atoms with Crippen LogP contribution in [0.1, 0.15) is 34.2 Å². The molecule has 1 atom stereocenters. The number of benzene rings is 11. The average molecular weight is 957 g/mol. The van der Waals surface area contributed by atoms with Crippen molar-refractivity contribution in [1.29, 1.82) is 0 Å². The summed E-state index contributed by atoms with van der Waals surface area (Å²) >= 11 is 0. The van der Waals surface area contributed by atoms with Crippen molar-refractivity contribution < 1.29 is 0 Å². The van der Waals surface area contributed by atoms with Crippen molar-refractivity contribution in [3.05, 3.63) is 325 Å². The molecule has 11 aromatic carbocycles. The SMILES string of the molecule is C1=CC(N(c2ccc(-c3cccc(-c4ccccc4)c3)cc2)c2ccc3c(c2)C(c2ccccc2)(c2ccccc2)c2ccccc2-3)CC=C1c1cccc(-c2ccc3c(c2)c2ccccc2n3-c2ccccc2)c1. The highest BCUT2D eigenvalue weighted by Gasteiger charge is 2.46. The van der Waals surface area contributed by atoms with E-state index >= 15 is 0 Å². The Morgan fingerprint density at radius 3 is 1.59 bits per heavy atom. The summed E-state index contributed by atoms with van der Waals surface area (Å²) in [5.41, 5.74) is 22.8. The van der Waals surface area contributed by atoms with Crippen LogP contribution < -0.4 is 4.90 Å². The minimum Gasteiger partial charge on any atom is -0.334 e. The van der Waals surface area contributed by atoms with Crippen LogP contribution in [0.4, 0.5) is 11.4 Å². The predicted octanol–water partition coefficient (Wildman–Crippen LogP) is 18.7. The number of fused-ring (bicyclic) bond motifs is 6. The molecule has 0 N–H and O–H groups in total. The fraction of sp³-hybridized carbons (Fsp3) is 0.0411. The number of nitrogens with zero attached hydrogens (tertiary/aromatic N) is 2. The second-order valence-corrected chi connectivity index (χ2v) is 19.9. The van der Waals surface area contributed by atoms with Crippen LogP contribution in [0.25, 0.3) is 77.6 Å². The lowest BCUT2D eigenvalue weighted by molar-refractivity contribution is 0.761. The Hall–Kier alpha value is -9.50. The Kier molecular flexibility index (Phi) is 10.9. The van der Waals surface area contributed by atoms with Crippen molar-refractivity contribution in [2.75, 3.05) is 4.90 Å². The standard InChI is InChI=1S/C73H52N2/c1-5-19-51(20-6-1)54-21-17-22-55(47-54)52-35-40-62(41-36-52)74(64-44-45-66-65-31-13-15-33-69(65)73(70(66)50-64,59-25-7-2-8-26-59)60-27-9-3-10-28-60)63-42-37-53(38-43-63)56-23-18-24-57(48-56)58-39-46-72-68(49-58)67-32-14-16-34-71(67)75(72)61-29-11-4-12-30-61/h1-42,44-50,63H,43H2. The number of hydrogen-bond acceptors (Lipinski definition) is 1. The van der Waals surface area contributed by atoms with E-state index < -0.39 is 5.41 Å². The van der Waals surface area contributed by atoms with E-state index in [1.165, 1.54) is 105 Å². The van der Waals surface area contributed by atoms with Gasteiger partial charge >= 0.3 is 0 Å². The largest absolute Gasteiger partial charge is 0.334 e. The monoisotopic (exact) mass is 956 g/mol. The Morgan fingerprint density at radius 1 is 0.360 bits per heavy atom. The Bertz CT molecular complexity index is 4090. The molecule has 0 saturated heterocycles. The van der Waals surface area contributed by atoms with Crippen molar-refractivity contribution in [3.8, 4) is 50.2 Å². The van der Waals surface area contributed by atoms with Crippen LogP contribution >= 0.6 is 0 Å². The molecule has 0 aliphatic heterocycles. The highest BCUT2D eigenvalue weighted by molar-refractivity contribution is 6.10. The van der Waals surface area contributed by atoms with Gasteiger partial charge < -0.3 is 9.47 Å². The van der Waals surface area contributed by atoms with Gasteiger partial charge in [-0.1, -0.05) is 231 Å². The van der Waals surface area contributed by atoms with Gasteiger partial charge in [-0.15, -0.1) is 0 Å². The van der Waals surface area contributed by atoms with Gasteiger partial charge in [-0.3, -0.25) is 0 Å². The van der Waals surface area contributed by atoms with Gasteiger partial charge in [0.1, 0.15) is 0 Å². The van der Waals surface area contributed by atoms with Gasteiger partial charge in [0.2, 0.25) is 0 Å². The lowest BCUT2D eigenvalue weighted by atomic mass is 9.67. The third-order valence-electron chi connectivity index (χ3n) is 15.8. The lowest BCUT2D eigenvalue weighted by Crippen LogP contribution is -2.31. The van der Waals surface area contributed by atoms with Crippen LogP contribution in [0.3, 0.4) is 0 Å². The summed E-state index contributed by atoms with van der Waals surface area (Å²) in [5, 5.41) is 2.51. The molecule has 2 aliphatic rings. The maximum Gasteiger partial charge on any atom is 0.0714 e. The number of rotatable bonds is 10. The van der Waals surface area contributed by atoms with Crippen LogP contribution in [0.15, 0.2) is 297 Å². The highest BCUT2D eigenvalue weighted by atomic mass is 15.2. The molecule has 12 aromatic rings. The molecule has 0 radical (unpaired) electrons. The highest BCUT2D eigenvalue weighted by Crippen LogP contribution is 2.57. The third kappa shape index (κ3) is 7.56. The molecular formula is C73H52N2. The molecule has 2 aliphatic carbocycles. The second kappa shape index (κ2) is 18.5. The van der Waals surface area contributed by atoms with Crippen molar-refractivity contribution >= 4 is 38.8 Å². The molecule has 75 heavy (non-hydrogen) atoms. The normalized spacial score (nSPS) is 14.3. The summed E-state index contributed by atoms with van der Waals surface area (Å²) in [5.74, 6) is 0. The van der Waals surface area contributed by atoms with Gasteiger partial charge in [-0.25, -0.2) is 0 Å². The first-order chi connectivity index (χ1) is 37.2. The first-order valence-corrected chi connectivity index (χ1v) is 26.2. The lowest BCUT2D eigenvalue weighted by Gasteiger charge is -2.36. The zero-order chi connectivity index (χ0) is 49.7. The molecule has 2 heteroatoms. The summed E-state index contributed by atoms with van der Waals surface area (Å²) < 4.78 is 2.38. The van der Waals surface area contributed by atoms with Gasteiger partial charge in [0.05, 0.1) is 22.5 Å². The van der Waals surface area contributed by atoms with E-state index in [4.69, 9.17) is 0 Å². The van der Waals surface area contributed by atoms with Crippen molar-refractivity contribution in [2.45, 2.75) is 17.9 Å². The number of aromatic nitrogens is 1. The maximum absolute atomic E-state index is 2.56. The smallest absolute Gasteiger partial charge is 0.0714 e. The van der Waals surface area contributed by atoms with Crippen molar-refractivity contribution in [1.82, 2.24) is 4.57 Å². The Morgan fingerprint density at radius 2 is 0.880 bits per heavy atom. The molecule has 0 amide bonds. The molecule has 0 bridgehead atoms. The van der Waals surface area contributed by atoms with Crippen LogP contribution in [0.5, 0.6) is 0 Å². The van der Waals surface area contributed by atoms with E-state index in [9.17, 15) is 0 Å². The third-order valence-corrected chi connectivity index (χ3v) is 15.8. The molecule has 1 heterocycles. The molecule has 1 aromatic heterocycles. The second-order valence-electron chi connectivity index (χ2n) is 19.9. The van der Waals surface area contributed by atoms with E-state index in [0.29, 0.717) is 0 Å². The molecule has 2 nitrogen and oxygen atoms in total. The summed E-state index contributed by atoms with van der Waals surface area (Å²) in [6, 6.07) is 103. The van der Waals surface area contributed by atoms with Crippen LogP contribution in [-0.2, 0) is 5.41 Å². The summed E-state index contributed by atoms with van der Waals surface area (Å²) in [6.45, 7) is 0. The average Bonchev–Trinajstić information content (AvgIpc) is 4.10. The van der Waals surface area contributed by atoms with E-state index in [2.05, 4.69) is 307 Å². The molecule has 0 spiro atoms. The van der Waals surface area contributed by atoms with Crippen LogP contribution in [0.2, 0.25) is 0 Å². The zero-order valence-corrected chi connectivity index (χ0v) is 41.5. The molecule has 1 unspecified atom stereocenters. The van der Waals surface area contributed by atoms with E-state index in [1.807, 2.05) is 0 Å². The Labute approximate surface area is 439 Å². The predicted molar refractivity (Wildman–Crippen MR) is 315 cm³/mol. The van der Waals surface area contributed by atoms with Gasteiger partial charge in [0.15, 0.2) is 0 Å². The first-order valence-electron chi connectivity index (χ1n) is 26.2. The minimum atomic E-state index is -0.506. The van der Waals surface area contributed by atoms with Gasteiger partial charge in [0.25, 0.3) is 0 Å². The van der Waals surface area contributed by atoms with Crippen LogP contribution in [0, 0.1) is 0 Å². The minimum absolute atomic E-state index is 0.0539. The number of allylic oxidation sites excluding steroid dienone is 2. The van der Waals surface area contributed by atoms with Gasteiger partial charge in [-0.05, 0) is 151 Å². The fourth-order valence-electron chi connectivity index (χ4n) is 12.3. The van der Waals surface area contributed by atoms with Crippen molar-refractivity contribution in [2.24, 2.45) is 0 Å². The molecule has 14 rings (SSSR count). The summed E-state index contributed by atoms with van der Waals surface area (Å²) in [7, 11) is 0. The van der Waals surface area contributed by atoms with E-state index in [1.54, 1.807) is 0 Å². The quantitative estimate of drug-likeness (QED) is 0.133. The number of hydrogen-bond donors (Lipinski definition) is 0. The summed E-state index contributed by atoms with van der Waals surface area (Å²) in [4.78, 5) is 2.56. The number of para-hydroxylation sites is 2. The molecule has 0 fully saturated rings. The van der Waals surface area contributed by atoms with Gasteiger partial charge in [-0.2, -0.15) is 0 Å². The van der Waals surface area contributed by atoms with E-state index in [0.717, 1.165) is 17.8 Å². The topological polar surface area (TPSA) is 8.17 Å². The zero-order valence-electron chi connectivity index (χ0n) is 41.5. The molecule has 0 saturated carbocycles. The van der Waals surface area contributed by atoms with Crippen LogP contribution in [-0.4, -0.2) is 10.6 Å². The Balaban J connectivity index is 0.851.